The molecule has 1 aliphatic heterocycles. The number of rotatable bonds is 9. The first-order valence-electron chi connectivity index (χ1n) is 13.3. The first kappa shape index (κ1) is 30.5. The predicted octanol–water partition coefficient (Wildman–Crippen LogP) is 5.24. The molecule has 0 spiro atoms. The molecule has 2 N–H and O–H groups in total. The zero-order valence-corrected chi connectivity index (χ0v) is 24.9. The first-order valence-corrected chi connectivity index (χ1v) is 15.1. The van der Waals surface area contributed by atoms with E-state index in [1.54, 1.807) is 55.5 Å². The summed E-state index contributed by atoms with van der Waals surface area (Å²) in [6.07, 6.45) is 0. The van der Waals surface area contributed by atoms with E-state index in [2.05, 4.69) is 15.8 Å². The minimum Gasteiger partial charge on any atom is -0.486 e. The van der Waals surface area contributed by atoms with Crippen molar-refractivity contribution >= 4 is 50.5 Å². The van der Waals surface area contributed by atoms with Crippen LogP contribution in [0.5, 0.6) is 11.5 Å². The lowest BCUT2D eigenvalue weighted by atomic mass is 10.1. The van der Waals surface area contributed by atoms with Gasteiger partial charge in [0.25, 0.3) is 21.8 Å². The van der Waals surface area contributed by atoms with Crippen LogP contribution in [0.15, 0.2) is 101 Å². The summed E-state index contributed by atoms with van der Waals surface area (Å²) in [6.45, 7) is 1.58. The van der Waals surface area contributed by atoms with Gasteiger partial charge in [0, 0.05) is 22.3 Å². The molecule has 0 aromatic heterocycles. The number of carbonyl (C=O) groups is 2. The summed E-state index contributed by atoms with van der Waals surface area (Å²) in [7, 11) is -4.31. The highest BCUT2D eigenvalue weighted by Crippen LogP contribution is 2.34. The molecule has 0 unspecified atom stereocenters. The minimum atomic E-state index is -4.31. The van der Waals surface area contributed by atoms with Gasteiger partial charge in [0.1, 0.15) is 25.6 Å². The molecule has 1 aliphatic rings. The Labute approximate surface area is 258 Å². The monoisotopic (exact) mass is 636 g/mol. The van der Waals surface area contributed by atoms with Crippen LogP contribution in [0.25, 0.3) is 0 Å². The molecule has 4 aromatic carbocycles. The Morgan fingerprint density at radius 3 is 2.36 bits per heavy atom. The van der Waals surface area contributed by atoms with Crippen molar-refractivity contribution in [2.45, 2.75) is 11.8 Å². The number of halogens is 2. The lowest BCUT2D eigenvalue weighted by Gasteiger charge is -2.25. The Hall–Kier alpha value is -4.94. The number of ether oxygens (including phenoxy) is 2. The number of fused-ring (bicyclic) bond motifs is 1. The normalized spacial score (nSPS) is 12.8. The van der Waals surface area contributed by atoms with Gasteiger partial charge in [-0.25, -0.2) is 18.2 Å². The molecule has 0 bridgehead atoms. The molecule has 0 saturated carbocycles. The fraction of sp³-hybridized carbons (Fsp3) is 0.129. The standard InChI is InChI=1S/C31H26ClFN4O6S/c1-20(21-4-3-7-25(17-21)34-31(39)22-5-2-6-23(32)16-22)35-36-30(38)19-37(26-10-8-24(33)9-11-26)44(40,41)27-12-13-28-29(18-27)43-15-14-42-28/h2-13,16-18H,14-15,19H2,1H3,(H,34,39)(H,36,38)/b35-20-. The summed E-state index contributed by atoms with van der Waals surface area (Å²) < 4.78 is 53.0. The number of hydrogen-bond acceptors (Lipinski definition) is 7. The third-order valence-electron chi connectivity index (χ3n) is 6.48. The van der Waals surface area contributed by atoms with Crippen LogP contribution < -0.4 is 24.5 Å². The van der Waals surface area contributed by atoms with E-state index in [0.29, 0.717) is 39.9 Å². The third kappa shape index (κ3) is 7.16. The zero-order chi connectivity index (χ0) is 31.3. The van der Waals surface area contributed by atoms with E-state index in [4.69, 9.17) is 21.1 Å². The first-order chi connectivity index (χ1) is 21.1. The summed E-state index contributed by atoms with van der Waals surface area (Å²) in [5, 5.41) is 7.35. The van der Waals surface area contributed by atoms with Crippen LogP contribution in [0.3, 0.4) is 0 Å². The number of anilines is 2. The maximum absolute atomic E-state index is 13.7. The molecule has 2 amide bonds. The molecule has 0 saturated heterocycles. The van der Waals surface area contributed by atoms with Crippen molar-refractivity contribution in [1.29, 1.82) is 0 Å². The van der Waals surface area contributed by atoms with Gasteiger partial charge < -0.3 is 14.8 Å². The SMILES string of the molecule is C/C(=N/NC(=O)CN(c1ccc(F)cc1)S(=O)(=O)c1ccc2c(c1)OCCO2)c1cccc(NC(=O)c2cccc(Cl)c2)c1. The van der Waals surface area contributed by atoms with E-state index in [-0.39, 0.29) is 28.8 Å². The Bertz CT molecular complexity index is 1850. The van der Waals surface area contributed by atoms with Gasteiger partial charge in [0.05, 0.1) is 16.3 Å². The number of nitrogens with one attached hydrogen (secondary N) is 2. The van der Waals surface area contributed by atoms with Crippen molar-refractivity contribution in [2.24, 2.45) is 5.10 Å². The van der Waals surface area contributed by atoms with Crippen LogP contribution in [0.4, 0.5) is 15.8 Å². The van der Waals surface area contributed by atoms with Gasteiger partial charge >= 0.3 is 0 Å². The number of carbonyl (C=O) groups excluding carboxylic acids is 2. The Morgan fingerprint density at radius 1 is 0.909 bits per heavy atom. The van der Waals surface area contributed by atoms with Crippen LogP contribution in [0, 0.1) is 5.82 Å². The van der Waals surface area contributed by atoms with Crippen molar-refractivity contribution in [2.75, 3.05) is 29.4 Å². The molecule has 13 heteroatoms. The van der Waals surface area contributed by atoms with Crippen LogP contribution in [0.1, 0.15) is 22.8 Å². The average molecular weight is 637 g/mol. The van der Waals surface area contributed by atoms with Gasteiger partial charge in [0.2, 0.25) is 0 Å². The van der Waals surface area contributed by atoms with Crippen molar-refractivity contribution < 1.29 is 31.9 Å². The predicted molar refractivity (Wildman–Crippen MR) is 165 cm³/mol. The average Bonchev–Trinajstić information content (AvgIpc) is 3.02. The molecule has 226 valence electrons. The van der Waals surface area contributed by atoms with Gasteiger partial charge in [-0.2, -0.15) is 5.10 Å². The molecule has 4 aromatic rings. The fourth-order valence-corrected chi connectivity index (χ4v) is 5.89. The summed E-state index contributed by atoms with van der Waals surface area (Å²) in [4.78, 5) is 25.5. The van der Waals surface area contributed by atoms with Crippen molar-refractivity contribution in [1.82, 2.24) is 5.43 Å². The van der Waals surface area contributed by atoms with Gasteiger partial charge in [0.15, 0.2) is 11.5 Å². The highest BCUT2D eigenvalue weighted by Gasteiger charge is 2.29. The molecule has 0 fully saturated rings. The van der Waals surface area contributed by atoms with Gasteiger partial charge in [-0.3, -0.25) is 13.9 Å². The van der Waals surface area contributed by atoms with Gasteiger partial charge in [-0.05, 0) is 79.2 Å². The molecule has 0 radical (unpaired) electrons. The maximum atomic E-state index is 13.7. The van der Waals surface area contributed by atoms with E-state index >= 15 is 0 Å². The third-order valence-corrected chi connectivity index (χ3v) is 8.48. The summed E-state index contributed by atoms with van der Waals surface area (Å²) in [5.74, 6) is -1.01. The van der Waals surface area contributed by atoms with Crippen LogP contribution in [0.2, 0.25) is 5.02 Å². The van der Waals surface area contributed by atoms with Crippen molar-refractivity contribution in [3.05, 3.63) is 113 Å². The zero-order valence-electron chi connectivity index (χ0n) is 23.3. The summed E-state index contributed by atoms with van der Waals surface area (Å²) in [6, 6.07) is 22.2. The molecular weight excluding hydrogens is 611 g/mol. The van der Waals surface area contributed by atoms with E-state index in [9.17, 15) is 22.4 Å². The van der Waals surface area contributed by atoms with E-state index in [1.807, 2.05) is 0 Å². The lowest BCUT2D eigenvalue weighted by Crippen LogP contribution is -2.39. The van der Waals surface area contributed by atoms with Crippen LogP contribution in [-0.2, 0) is 14.8 Å². The van der Waals surface area contributed by atoms with Crippen LogP contribution >= 0.6 is 11.6 Å². The second kappa shape index (κ2) is 13.1. The second-order valence-corrected chi connectivity index (χ2v) is 11.9. The summed E-state index contributed by atoms with van der Waals surface area (Å²) >= 11 is 5.98. The smallest absolute Gasteiger partial charge is 0.264 e. The van der Waals surface area contributed by atoms with E-state index in [1.165, 1.54) is 30.3 Å². The van der Waals surface area contributed by atoms with Gasteiger partial charge in [-0.15, -0.1) is 0 Å². The molecule has 0 atom stereocenters. The topological polar surface area (TPSA) is 126 Å². The molecular formula is C31H26ClFN4O6S. The molecule has 44 heavy (non-hydrogen) atoms. The number of benzene rings is 4. The van der Waals surface area contributed by atoms with E-state index < -0.39 is 28.3 Å². The second-order valence-electron chi connectivity index (χ2n) is 9.57. The minimum absolute atomic E-state index is 0.0697. The molecule has 1 heterocycles. The van der Waals surface area contributed by atoms with Crippen molar-refractivity contribution in [3.63, 3.8) is 0 Å². The molecule has 10 nitrogen and oxygen atoms in total. The number of sulfonamides is 1. The van der Waals surface area contributed by atoms with Gasteiger partial charge in [-0.1, -0.05) is 29.8 Å². The van der Waals surface area contributed by atoms with Crippen LogP contribution in [-0.4, -0.2) is 45.7 Å². The lowest BCUT2D eigenvalue weighted by molar-refractivity contribution is -0.119. The fourth-order valence-electron chi connectivity index (χ4n) is 4.27. The van der Waals surface area contributed by atoms with E-state index in [0.717, 1.165) is 16.4 Å². The van der Waals surface area contributed by atoms with Crippen molar-refractivity contribution in [3.8, 4) is 11.5 Å². The summed E-state index contributed by atoms with van der Waals surface area (Å²) in [5.41, 5.74) is 4.30. The molecule has 5 rings (SSSR count). The quantitative estimate of drug-likeness (QED) is 0.191. The Morgan fingerprint density at radius 2 is 1.61 bits per heavy atom. The Kier molecular flexibility index (Phi) is 9.12. The number of nitrogens with zero attached hydrogens (tertiary/aromatic N) is 2. The molecule has 0 aliphatic carbocycles. The highest BCUT2D eigenvalue weighted by molar-refractivity contribution is 7.92. The largest absolute Gasteiger partial charge is 0.486 e. The Balaban J connectivity index is 1.33. The number of hydrazone groups is 1. The number of amides is 2. The highest BCUT2D eigenvalue weighted by atomic mass is 35.5. The maximum Gasteiger partial charge on any atom is 0.264 e. The number of hydrogen-bond donors (Lipinski definition) is 2.